The molecule has 2 heterocycles. The topological polar surface area (TPSA) is 47.3 Å². The Kier molecular flexibility index (Phi) is 7.55. The summed E-state index contributed by atoms with van der Waals surface area (Å²) in [6.07, 6.45) is -2.55. The first-order valence-corrected chi connectivity index (χ1v) is 9.27. The van der Waals surface area contributed by atoms with E-state index in [1.54, 1.807) is 6.26 Å². The van der Waals surface area contributed by atoms with Crippen LogP contribution < -0.4 is 5.32 Å². The van der Waals surface area contributed by atoms with E-state index in [0.717, 1.165) is 11.7 Å². The third-order valence-corrected chi connectivity index (χ3v) is 4.88. The number of halogens is 3. The van der Waals surface area contributed by atoms with Crippen molar-refractivity contribution in [3.63, 3.8) is 0 Å². The standard InChI is InChI=1S/C18H30F3N5O/c1-5-22-17(23-13-15(24(3)4)16-7-6-12-27-16)26-10-8-25(9-11-26)14(2)18(19,20)21/h6-7,12,14-15H,5,8-11,13H2,1-4H3,(H,22,23). The maximum absolute atomic E-state index is 12.9. The van der Waals surface area contributed by atoms with Crippen molar-refractivity contribution in [2.75, 3.05) is 53.4 Å². The summed E-state index contributed by atoms with van der Waals surface area (Å²) in [4.78, 5) is 10.3. The van der Waals surface area contributed by atoms with E-state index in [1.165, 1.54) is 11.8 Å². The Labute approximate surface area is 159 Å². The maximum atomic E-state index is 12.9. The molecule has 1 N–H and O–H groups in total. The van der Waals surface area contributed by atoms with Crippen molar-refractivity contribution < 1.29 is 17.6 Å². The molecule has 0 aromatic carbocycles. The molecule has 2 rings (SSSR count). The summed E-state index contributed by atoms with van der Waals surface area (Å²) in [5, 5.41) is 3.25. The van der Waals surface area contributed by atoms with E-state index in [1.807, 2.05) is 43.0 Å². The number of nitrogens with zero attached hydrogens (tertiary/aromatic N) is 4. The minimum Gasteiger partial charge on any atom is -0.468 e. The van der Waals surface area contributed by atoms with Crippen LogP contribution in [0.3, 0.4) is 0 Å². The second kappa shape index (κ2) is 9.45. The van der Waals surface area contributed by atoms with E-state index in [4.69, 9.17) is 9.41 Å². The van der Waals surface area contributed by atoms with Crippen LogP contribution in [0.25, 0.3) is 0 Å². The highest BCUT2D eigenvalue weighted by Gasteiger charge is 2.41. The SMILES string of the molecule is CCNC(=NCC(c1ccco1)N(C)C)N1CCN(C(C)C(F)(F)F)CC1. The first-order chi connectivity index (χ1) is 12.7. The van der Waals surface area contributed by atoms with Crippen LogP contribution in [0.2, 0.25) is 0 Å². The number of nitrogens with one attached hydrogen (secondary N) is 1. The molecule has 0 aliphatic carbocycles. The van der Waals surface area contributed by atoms with E-state index < -0.39 is 12.2 Å². The highest BCUT2D eigenvalue weighted by molar-refractivity contribution is 5.80. The first-order valence-electron chi connectivity index (χ1n) is 9.27. The van der Waals surface area contributed by atoms with Crippen LogP contribution in [0, 0.1) is 0 Å². The zero-order valence-electron chi connectivity index (χ0n) is 16.5. The molecule has 9 heteroatoms. The lowest BCUT2D eigenvalue weighted by Crippen LogP contribution is -2.56. The smallest absolute Gasteiger partial charge is 0.403 e. The number of hydrogen-bond acceptors (Lipinski definition) is 4. The number of likely N-dealkylation sites (N-methyl/N-ethyl adjacent to an activating group) is 1. The molecule has 154 valence electrons. The quantitative estimate of drug-likeness (QED) is 0.598. The number of aliphatic imine (C=N–C) groups is 1. The fraction of sp³-hybridized carbons (Fsp3) is 0.722. The van der Waals surface area contributed by atoms with Gasteiger partial charge in [0.25, 0.3) is 0 Å². The van der Waals surface area contributed by atoms with Crippen molar-refractivity contribution in [1.29, 1.82) is 0 Å². The van der Waals surface area contributed by atoms with Crippen molar-refractivity contribution in [1.82, 2.24) is 20.0 Å². The highest BCUT2D eigenvalue weighted by atomic mass is 19.4. The first kappa shape index (κ1) is 21.6. The van der Waals surface area contributed by atoms with Gasteiger partial charge in [0, 0.05) is 32.7 Å². The molecule has 6 nitrogen and oxygen atoms in total. The predicted molar refractivity (Wildman–Crippen MR) is 99.8 cm³/mol. The zero-order chi connectivity index (χ0) is 20.0. The van der Waals surface area contributed by atoms with Crippen molar-refractivity contribution in [3.8, 4) is 0 Å². The van der Waals surface area contributed by atoms with E-state index in [9.17, 15) is 13.2 Å². The van der Waals surface area contributed by atoms with Gasteiger partial charge < -0.3 is 14.6 Å². The fourth-order valence-electron chi connectivity index (χ4n) is 3.12. The molecule has 2 unspecified atom stereocenters. The number of rotatable bonds is 6. The normalized spacial score (nSPS) is 19.4. The van der Waals surface area contributed by atoms with Gasteiger partial charge in [-0.1, -0.05) is 0 Å². The summed E-state index contributed by atoms with van der Waals surface area (Å²) < 4.78 is 44.3. The summed E-state index contributed by atoms with van der Waals surface area (Å²) in [5.41, 5.74) is 0. The van der Waals surface area contributed by atoms with Crippen molar-refractivity contribution >= 4 is 5.96 Å². The highest BCUT2D eigenvalue weighted by Crippen LogP contribution is 2.25. The lowest BCUT2D eigenvalue weighted by Gasteiger charge is -2.39. The molecule has 2 atom stereocenters. The van der Waals surface area contributed by atoms with Crippen LogP contribution in [-0.2, 0) is 0 Å². The van der Waals surface area contributed by atoms with Crippen molar-refractivity contribution in [2.45, 2.75) is 32.1 Å². The Bertz CT molecular complexity index is 580. The molecule has 1 aliphatic rings. The molecule has 0 radical (unpaired) electrons. The lowest BCUT2D eigenvalue weighted by molar-refractivity contribution is -0.181. The van der Waals surface area contributed by atoms with Gasteiger partial charge in [0.15, 0.2) is 5.96 Å². The summed E-state index contributed by atoms with van der Waals surface area (Å²) >= 11 is 0. The number of hydrogen-bond donors (Lipinski definition) is 1. The third kappa shape index (κ3) is 5.87. The van der Waals surface area contributed by atoms with Crippen LogP contribution in [0.4, 0.5) is 13.2 Å². The van der Waals surface area contributed by atoms with Crippen molar-refractivity contribution in [3.05, 3.63) is 24.2 Å². The Morgan fingerprint density at radius 1 is 1.30 bits per heavy atom. The number of piperazine rings is 1. The minimum absolute atomic E-state index is 0.000182. The molecule has 0 bridgehead atoms. The van der Waals surface area contributed by atoms with Gasteiger partial charge in [-0.05, 0) is 40.1 Å². The van der Waals surface area contributed by atoms with E-state index in [-0.39, 0.29) is 6.04 Å². The number of guanidine groups is 1. The second-order valence-electron chi connectivity index (χ2n) is 6.93. The van der Waals surface area contributed by atoms with Crippen LogP contribution in [0.15, 0.2) is 27.8 Å². The van der Waals surface area contributed by atoms with Gasteiger partial charge in [0.2, 0.25) is 0 Å². The van der Waals surface area contributed by atoms with Crippen LogP contribution in [0.1, 0.15) is 25.6 Å². The molecule has 1 fully saturated rings. The third-order valence-electron chi connectivity index (χ3n) is 4.88. The molecule has 0 amide bonds. The summed E-state index contributed by atoms with van der Waals surface area (Å²) in [5.74, 6) is 1.57. The van der Waals surface area contributed by atoms with Gasteiger partial charge in [0.05, 0.1) is 18.8 Å². The summed E-state index contributed by atoms with van der Waals surface area (Å²) in [7, 11) is 3.93. The van der Waals surface area contributed by atoms with Gasteiger partial charge in [-0.15, -0.1) is 0 Å². The number of alkyl halides is 3. The summed E-state index contributed by atoms with van der Waals surface area (Å²) in [6.45, 7) is 6.15. The lowest BCUT2D eigenvalue weighted by atomic mass is 10.2. The molecule has 1 aliphatic heterocycles. The van der Waals surface area contributed by atoms with E-state index >= 15 is 0 Å². The average molecular weight is 389 g/mol. The minimum atomic E-state index is -4.19. The van der Waals surface area contributed by atoms with Crippen LogP contribution in [0.5, 0.6) is 0 Å². The molecule has 27 heavy (non-hydrogen) atoms. The Morgan fingerprint density at radius 3 is 2.44 bits per heavy atom. The zero-order valence-corrected chi connectivity index (χ0v) is 16.5. The largest absolute Gasteiger partial charge is 0.468 e. The maximum Gasteiger partial charge on any atom is 0.403 e. The summed E-state index contributed by atoms with van der Waals surface area (Å²) in [6, 6.07) is 2.35. The molecule has 0 saturated carbocycles. The fourth-order valence-corrected chi connectivity index (χ4v) is 3.12. The Morgan fingerprint density at radius 2 is 1.96 bits per heavy atom. The van der Waals surface area contributed by atoms with E-state index in [2.05, 4.69) is 5.32 Å². The number of furan rings is 1. The van der Waals surface area contributed by atoms with Gasteiger partial charge >= 0.3 is 6.18 Å². The average Bonchev–Trinajstić information content (AvgIpc) is 3.14. The molecular weight excluding hydrogens is 359 g/mol. The Balaban J connectivity index is 2.01. The second-order valence-corrected chi connectivity index (χ2v) is 6.93. The molecule has 1 saturated heterocycles. The van der Waals surface area contributed by atoms with Crippen LogP contribution in [-0.4, -0.2) is 86.2 Å². The van der Waals surface area contributed by atoms with Gasteiger partial charge in [-0.2, -0.15) is 13.2 Å². The Hall–Kier alpha value is -1.74. The van der Waals surface area contributed by atoms with Gasteiger partial charge in [0.1, 0.15) is 11.8 Å². The van der Waals surface area contributed by atoms with Gasteiger partial charge in [-0.25, -0.2) is 0 Å². The van der Waals surface area contributed by atoms with E-state index in [0.29, 0.717) is 39.3 Å². The van der Waals surface area contributed by atoms with Gasteiger partial charge in [-0.3, -0.25) is 14.8 Å². The van der Waals surface area contributed by atoms with Crippen LogP contribution >= 0.6 is 0 Å². The molecule has 0 spiro atoms. The monoisotopic (exact) mass is 389 g/mol. The van der Waals surface area contributed by atoms with Crippen molar-refractivity contribution in [2.24, 2.45) is 4.99 Å². The molecular formula is C18H30F3N5O. The molecule has 1 aromatic rings. The molecule has 1 aromatic heterocycles. The predicted octanol–water partition coefficient (Wildman–Crippen LogP) is 2.42.